The minimum absolute atomic E-state index is 0.0892. The van der Waals surface area contributed by atoms with Crippen LogP contribution in [0.15, 0.2) is 12.1 Å². The normalized spacial score (nSPS) is 22.6. The van der Waals surface area contributed by atoms with E-state index < -0.39 is 0 Å². The molecule has 1 aromatic carbocycles. The second-order valence-corrected chi connectivity index (χ2v) is 5.90. The minimum Gasteiger partial charge on any atom is -0.508 e. The molecule has 0 heterocycles. The summed E-state index contributed by atoms with van der Waals surface area (Å²) in [5.74, 6) is 1.03. The van der Waals surface area contributed by atoms with Gasteiger partial charge in [0.25, 0.3) is 0 Å². The topological polar surface area (TPSA) is 75.4 Å². The predicted octanol–water partition coefficient (Wildman–Crippen LogP) is 2.71. The number of carbonyl (C=O) groups excluding carboxylic acids is 1. The van der Waals surface area contributed by atoms with Gasteiger partial charge in [-0.05, 0) is 75.3 Å². The Labute approximate surface area is 120 Å². The monoisotopic (exact) mass is 276 g/mol. The molecule has 1 saturated carbocycles. The smallest absolute Gasteiger partial charge is 0.227 e. The van der Waals surface area contributed by atoms with Crippen molar-refractivity contribution in [2.24, 2.45) is 17.6 Å². The van der Waals surface area contributed by atoms with Crippen molar-refractivity contribution in [2.45, 2.75) is 39.5 Å². The molecule has 1 fully saturated rings. The summed E-state index contributed by atoms with van der Waals surface area (Å²) in [5.41, 5.74) is 8.13. The highest BCUT2D eigenvalue weighted by Crippen LogP contribution is 2.30. The average molecular weight is 276 g/mol. The van der Waals surface area contributed by atoms with E-state index in [-0.39, 0.29) is 17.6 Å². The van der Waals surface area contributed by atoms with Crippen LogP contribution in [0, 0.1) is 25.7 Å². The fraction of sp³-hybridized carbons (Fsp3) is 0.562. The van der Waals surface area contributed by atoms with E-state index in [2.05, 4.69) is 5.32 Å². The maximum Gasteiger partial charge on any atom is 0.227 e. The van der Waals surface area contributed by atoms with E-state index in [0.717, 1.165) is 49.0 Å². The second-order valence-electron chi connectivity index (χ2n) is 5.90. The van der Waals surface area contributed by atoms with Crippen LogP contribution < -0.4 is 11.1 Å². The van der Waals surface area contributed by atoms with Gasteiger partial charge in [0.05, 0.1) is 0 Å². The van der Waals surface area contributed by atoms with E-state index in [1.165, 1.54) is 0 Å². The zero-order chi connectivity index (χ0) is 14.7. The molecule has 0 saturated heterocycles. The zero-order valence-corrected chi connectivity index (χ0v) is 12.3. The second kappa shape index (κ2) is 6.27. The summed E-state index contributed by atoms with van der Waals surface area (Å²) in [7, 11) is 0. The van der Waals surface area contributed by atoms with Crippen LogP contribution in [0.1, 0.15) is 36.8 Å². The summed E-state index contributed by atoms with van der Waals surface area (Å²) >= 11 is 0. The molecule has 0 aromatic heterocycles. The quantitative estimate of drug-likeness (QED) is 0.743. The number of phenolic OH excluding ortho intramolecular Hbond substituents is 1. The van der Waals surface area contributed by atoms with Crippen LogP contribution in [0.25, 0.3) is 0 Å². The summed E-state index contributed by atoms with van der Waals surface area (Å²) in [5, 5.41) is 12.6. The van der Waals surface area contributed by atoms with E-state index in [0.29, 0.717) is 5.92 Å². The summed E-state index contributed by atoms with van der Waals surface area (Å²) in [4.78, 5) is 12.3. The Hall–Kier alpha value is -1.55. The standard InChI is InChI=1S/C16H24N2O2/c1-10-8-15(19)11(2)7-14(10)18-16(20)13-5-3-12(9-17)4-6-13/h7-8,12-13,19H,3-6,9,17H2,1-2H3,(H,18,20). The van der Waals surface area contributed by atoms with E-state index in [4.69, 9.17) is 5.73 Å². The highest BCUT2D eigenvalue weighted by atomic mass is 16.3. The molecule has 4 N–H and O–H groups in total. The molecule has 4 heteroatoms. The number of carbonyl (C=O) groups is 1. The van der Waals surface area contributed by atoms with Crippen molar-refractivity contribution >= 4 is 11.6 Å². The molecule has 1 aromatic rings. The van der Waals surface area contributed by atoms with Crippen molar-refractivity contribution in [1.82, 2.24) is 0 Å². The highest BCUT2D eigenvalue weighted by molar-refractivity contribution is 5.93. The number of hydrogen-bond donors (Lipinski definition) is 3. The summed E-state index contributed by atoms with van der Waals surface area (Å²) in [6.45, 7) is 4.45. The first-order valence-corrected chi connectivity index (χ1v) is 7.32. The minimum atomic E-state index is 0.0892. The van der Waals surface area contributed by atoms with Crippen molar-refractivity contribution in [3.8, 4) is 5.75 Å². The number of nitrogens with two attached hydrogens (primary N) is 1. The maximum absolute atomic E-state index is 12.3. The largest absolute Gasteiger partial charge is 0.508 e. The van der Waals surface area contributed by atoms with Crippen LogP contribution in [0.5, 0.6) is 5.75 Å². The van der Waals surface area contributed by atoms with Gasteiger partial charge in [-0.15, -0.1) is 0 Å². The van der Waals surface area contributed by atoms with Crippen LogP contribution in [-0.2, 0) is 4.79 Å². The lowest BCUT2D eigenvalue weighted by Gasteiger charge is -2.27. The lowest BCUT2D eigenvalue weighted by Crippen LogP contribution is -2.29. The molecular weight excluding hydrogens is 252 g/mol. The molecule has 0 bridgehead atoms. The number of anilines is 1. The number of amides is 1. The van der Waals surface area contributed by atoms with Crippen LogP contribution in [0.2, 0.25) is 0 Å². The van der Waals surface area contributed by atoms with E-state index in [1.807, 2.05) is 19.9 Å². The molecule has 110 valence electrons. The van der Waals surface area contributed by atoms with Gasteiger partial charge in [0, 0.05) is 11.6 Å². The summed E-state index contributed by atoms with van der Waals surface area (Å²) in [6, 6.07) is 3.52. The van der Waals surface area contributed by atoms with E-state index in [9.17, 15) is 9.90 Å². The lowest BCUT2D eigenvalue weighted by atomic mass is 9.81. The summed E-state index contributed by atoms with van der Waals surface area (Å²) < 4.78 is 0. The predicted molar refractivity (Wildman–Crippen MR) is 80.7 cm³/mol. The fourth-order valence-electron chi connectivity index (χ4n) is 2.83. The SMILES string of the molecule is Cc1cc(NC(=O)C2CCC(CN)CC2)c(C)cc1O. The van der Waals surface area contributed by atoms with Gasteiger partial charge in [-0.3, -0.25) is 4.79 Å². The van der Waals surface area contributed by atoms with Gasteiger partial charge in [-0.2, -0.15) is 0 Å². The Morgan fingerprint density at radius 3 is 2.50 bits per heavy atom. The Morgan fingerprint density at radius 1 is 1.25 bits per heavy atom. The molecule has 1 aliphatic rings. The number of nitrogens with one attached hydrogen (secondary N) is 1. The lowest BCUT2D eigenvalue weighted by molar-refractivity contribution is -0.121. The van der Waals surface area contributed by atoms with Crippen molar-refractivity contribution in [3.05, 3.63) is 23.3 Å². The van der Waals surface area contributed by atoms with E-state index in [1.54, 1.807) is 6.07 Å². The van der Waals surface area contributed by atoms with Gasteiger partial charge in [-0.1, -0.05) is 0 Å². The van der Waals surface area contributed by atoms with Crippen molar-refractivity contribution in [1.29, 1.82) is 0 Å². The van der Waals surface area contributed by atoms with Crippen molar-refractivity contribution < 1.29 is 9.90 Å². The third-order valence-corrected chi connectivity index (χ3v) is 4.35. The molecule has 1 aliphatic carbocycles. The number of aromatic hydroxyl groups is 1. The number of benzene rings is 1. The van der Waals surface area contributed by atoms with Gasteiger partial charge in [0.1, 0.15) is 5.75 Å². The van der Waals surface area contributed by atoms with Gasteiger partial charge >= 0.3 is 0 Å². The number of aryl methyl sites for hydroxylation is 2. The van der Waals surface area contributed by atoms with Crippen LogP contribution in [0.3, 0.4) is 0 Å². The van der Waals surface area contributed by atoms with Crippen molar-refractivity contribution in [2.75, 3.05) is 11.9 Å². The first kappa shape index (κ1) is 14.9. The molecule has 20 heavy (non-hydrogen) atoms. The third-order valence-electron chi connectivity index (χ3n) is 4.35. The molecule has 0 unspecified atom stereocenters. The highest BCUT2D eigenvalue weighted by Gasteiger charge is 2.25. The Balaban J connectivity index is 2.00. The first-order valence-electron chi connectivity index (χ1n) is 7.32. The van der Waals surface area contributed by atoms with Gasteiger partial charge in [0.15, 0.2) is 0 Å². The van der Waals surface area contributed by atoms with Crippen molar-refractivity contribution in [3.63, 3.8) is 0 Å². The molecule has 0 spiro atoms. The Morgan fingerprint density at radius 2 is 1.90 bits per heavy atom. The molecular formula is C16H24N2O2. The van der Waals surface area contributed by atoms with E-state index >= 15 is 0 Å². The van der Waals surface area contributed by atoms with Gasteiger partial charge < -0.3 is 16.2 Å². The molecule has 2 rings (SSSR count). The molecule has 0 radical (unpaired) electrons. The number of phenols is 1. The van der Waals surface area contributed by atoms with Crippen LogP contribution in [0.4, 0.5) is 5.69 Å². The zero-order valence-electron chi connectivity index (χ0n) is 12.3. The van der Waals surface area contributed by atoms with Gasteiger partial charge in [0.2, 0.25) is 5.91 Å². The van der Waals surface area contributed by atoms with Gasteiger partial charge in [-0.25, -0.2) is 0 Å². The molecule has 0 atom stereocenters. The first-order chi connectivity index (χ1) is 9.51. The molecule has 4 nitrogen and oxygen atoms in total. The van der Waals surface area contributed by atoms with Crippen LogP contribution in [-0.4, -0.2) is 17.6 Å². The van der Waals surface area contributed by atoms with Crippen LogP contribution >= 0.6 is 0 Å². The molecule has 0 aliphatic heterocycles. The molecule has 1 amide bonds. The Kier molecular flexibility index (Phi) is 4.65. The average Bonchev–Trinajstić information content (AvgIpc) is 2.44. The maximum atomic E-state index is 12.3. The number of hydrogen-bond acceptors (Lipinski definition) is 3. The fourth-order valence-corrected chi connectivity index (χ4v) is 2.83. The Bertz CT molecular complexity index is 491. The number of rotatable bonds is 3. The third kappa shape index (κ3) is 3.31. The summed E-state index contributed by atoms with van der Waals surface area (Å²) in [6.07, 6.45) is 3.93.